The summed E-state index contributed by atoms with van der Waals surface area (Å²) in [7, 11) is 3.22. The van der Waals surface area contributed by atoms with Crippen LogP contribution in [-0.2, 0) is 28.9 Å². The lowest BCUT2D eigenvalue weighted by Gasteiger charge is -2.41. The minimum absolute atomic E-state index is 0.0301. The zero-order valence-electron chi connectivity index (χ0n) is 17.1. The van der Waals surface area contributed by atoms with Gasteiger partial charge in [-0.15, -0.1) is 10.2 Å². The molecule has 31 heavy (non-hydrogen) atoms. The molecule has 4 rings (SSSR count). The van der Waals surface area contributed by atoms with Crippen molar-refractivity contribution in [3.63, 3.8) is 0 Å². The Morgan fingerprint density at radius 1 is 1.16 bits per heavy atom. The summed E-state index contributed by atoms with van der Waals surface area (Å²) >= 11 is 0. The van der Waals surface area contributed by atoms with E-state index in [1.165, 1.54) is 4.90 Å². The summed E-state index contributed by atoms with van der Waals surface area (Å²) in [6.45, 7) is 0.0411. The van der Waals surface area contributed by atoms with E-state index in [2.05, 4.69) is 10.2 Å². The van der Waals surface area contributed by atoms with E-state index in [-0.39, 0.29) is 43.7 Å². The predicted octanol–water partition coefficient (Wildman–Crippen LogP) is 2.26. The van der Waals surface area contributed by atoms with Crippen molar-refractivity contribution >= 4 is 11.8 Å². The quantitative estimate of drug-likeness (QED) is 0.736. The number of alkyl halides is 3. The molecule has 11 heteroatoms. The lowest BCUT2D eigenvalue weighted by Crippen LogP contribution is -2.49. The second-order valence-electron chi connectivity index (χ2n) is 7.72. The molecule has 2 aliphatic rings. The van der Waals surface area contributed by atoms with E-state index in [1.807, 2.05) is 12.1 Å². The zero-order valence-corrected chi connectivity index (χ0v) is 17.1. The number of hydrogen-bond donors (Lipinski definition) is 0. The summed E-state index contributed by atoms with van der Waals surface area (Å²) < 4.78 is 45.4. The molecular formula is C20H22F3N5O3. The van der Waals surface area contributed by atoms with Crippen molar-refractivity contribution in [2.75, 3.05) is 20.7 Å². The maximum atomic E-state index is 13.4. The van der Waals surface area contributed by atoms with Gasteiger partial charge in [0.2, 0.25) is 17.6 Å². The minimum Gasteiger partial charge on any atom is -0.497 e. The third kappa shape index (κ3) is 3.84. The van der Waals surface area contributed by atoms with Crippen molar-refractivity contribution in [3.05, 3.63) is 41.5 Å². The van der Waals surface area contributed by atoms with E-state index in [1.54, 1.807) is 31.2 Å². The van der Waals surface area contributed by atoms with Crippen LogP contribution >= 0.6 is 0 Å². The highest BCUT2D eigenvalue weighted by Crippen LogP contribution is 2.38. The number of likely N-dealkylation sites (tertiary alicyclic amines) is 1. The lowest BCUT2D eigenvalue weighted by molar-refractivity contribution is -0.149. The number of fused-ring (bicyclic) bond motifs is 1. The lowest BCUT2D eigenvalue weighted by atomic mass is 9.83. The number of carbonyl (C=O) groups is 2. The van der Waals surface area contributed by atoms with Gasteiger partial charge in [0.15, 0.2) is 5.82 Å². The van der Waals surface area contributed by atoms with Crippen molar-refractivity contribution in [3.8, 4) is 5.75 Å². The Bertz CT molecular complexity index is 989. The van der Waals surface area contributed by atoms with Crippen LogP contribution in [0.2, 0.25) is 0 Å². The van der Waals surface area contributed by atoms with Crippen LogP contribution in [0, 0.1) is 5.92 Å². The van der Waals surface area contributed by atoms with Crippen LogP contribution in [0.1, 0.15) is 36.1 Å². The monoisotopic (exact) mass is 437 g/mol. The van der Waals surface area contributed by atoms with E-state index in [4.69, 9.17) is 4.74 Å². The Hall–Kier alpha value is -3.11. The molecule has 8 nitrogen and oxygen atoms in total. The number of benzene rings is 1. The number of rotatable bonds is 3. The van der Waals surface area contributed by atoms with Gasteiger partial charge in [-0.3, -0.25) is 9.59 Å². The van der Waals surface area contributed by atoms with Gasteiger partial charge in [-0.25, -0.2) is 0 Å². The smallest absolute Gasteiger partial charge is 0.451 e. The van der Waals surface area contributed by atoms with E-state index in [9.17, 15) is 22.8 Å². The van der Waals surface area contributed by atoms with Crippen molar-refractivity contribution in [2.45, 2.75) is 38.1 Å². The average Bonchev–Trinajstić information content (AvgIpc) is 3.19. The molecule has 0 bridgehead atoms. The van der Waals surface area contributed by atoms with Crippen LogP contribution in [0.4, 0.5) is 13.2 Å². The first-order chi connectivity index (χ1) is 14.7. The Kier molecular flexibility index (Phi) is 5.36. The Balaban J connectivity index is 1.58. The van der Waals surface area contributed by atoms with Gasteiger partial charge in [0.05, 0.1) is 25.6 Å². The molecule has 166 valence electrons. The predicted molar refractivity (Wildman–Crippen MR) is 102 cm³/mol. The molecule has 2 atom stereocenters. The normalized spacial score (nSPS) is 21.8. The molecule has 2 unspecified atom stereocenters. The van der Waals surface area contributed by atoms with Gasteiger partial charge in [-0.1, -0.05) is 12.1 Å². The number of nitrogens with zero attached hydrogens (tertiary/aromatic N) is 5. The molecule has 1 aromatic carbocycles. The van der Waals surface area contributed by atoms with Crippen molar-refractivity contribution in [2.24, 2.45) is 5.92 Å². The molecular weight excluding hydrogens is 415 g/mol. The number of amides is 2. The van der Waals surface area contributed by atoms with Crippen LogP contribution in [0.25, 0.3) is 0 Å². The first-order valence-corrected chi connectivity index (χ1v) is 9.88. The number of piperidine rings is 1. The minimum atomic E-state index is -4.59. The van der Waals surface area contributed by atoms with Crippen molar-refractivity contribution in [1.82, 2.24) is 24.6 Å². The molecule has 1 fully saturated rings. The van der Waals surface area contributed by atoms with Gasteiger partial charge in [-0.05, 0) is 24.1 Å². The fraction of sp³-hybridized carbons (Fsp3) is 0.500. The Morgan fingerprint density at radius 2 is 1.87 bits per heavy atom. The van der Waals surface area contributed by atoms with Gasteiger partial charge in [-0.2, -0.15) is 13.2 Å². The summed E-state index contributed by atoms with van der Waals surface area (Å²) in [4.78, 5) is 28.8. The number of aromatic nitrogens is 3. The molecule has 0 aliphatic carbocycles. The van der Waals surface area contributed by atoms with Crippen molar-refractivity contribution < 1.29 is 27.5 Å². The fourth-order valence-corrected chi connectivity index (χ4v) is 4.34. The van der Waals surface area contributed by atoms with Gasteiger partial charge < -0.3 is 19.1 Å². The van der Waals surface area contributed by atoms with Crippen LogP contribution in [0.3, 0.4) is 0 Å². The molecule has 0 radical (unpaired) electrons. The maximum absolute atomic E-state index is 13.4. The van der Waals surface area contributed by atoms with Gasteiger partial charge in [0, 0.05) is 26.6 Å². The molecule has 0 spiro atoms. The molecule has 2 aliphatic heterocycles. The molecule has 1 aromatic heterocycles. The van der Waals surface area contributed by atoms with Crippen LogP contribution < -0.4 is 4.74 Å². The van der Waals surface area contributed by atoms with Gasteiger partial charge in [0.25, 0.3) is 0 Å². The summed E-state index contributed by atoms with van der Waals surface area (Å²) in [6.07, 6.45) is -3.99. The highest BCUT2D eigenvalue weighted by atomic mass is 19.4. The summed E-state index contributed by atoms with van der Waals surface area (Å²) in [6, 6.07) is 6.71. The van der Waals surface area contributed by atoms with Crippen LogP contribution in [0.5, 0.6) is 5.75 Å². The van der Waals surface area contributed by atoms with Crippen LogP contribution in [-0.4, -0.2) is 57.1 Å². The van der Waals surface area contributed by atoms with E-state index in [0.717, 1.165) is 10.1 Å². The maximum Gasteiger partial charge on any atom is 0.451 e. The van der Waals surface area contributed by atoms with Gasteiger partial charge >= 0.3 is 6.18 Å². The Labute approximate surface area is 176 Å². The largest absolute Gasteiger partial charge is 0.497 e. The highest BCUT2D eigenvalue weighted by Gasteiger charge is 2.43. The standard InChI is InChI=1S/C20H22F3N5O3/c1-26-16(29)8-7-14(17(26)12-3-5-13(31-2)6-4-12)18(30)27-9-10-28-15(11-27)24-25-19(28)20(21,22)23/h3-6,14,17H,7-11H2,1-2H3. The second kappa shape index (κ2) is 7.86. The molecule has 2 amide bonds. The zero-order chi connectivity index (χ0) is 22.3. The number of ether oxygens (including phenoxy) is 1. The SMILES string of the molecule is COc1ccc(C2C(C(=O)N3CCn4c(nnc4C(F)(F)F)C3)CCC(=O)N2C)cc1. The Morgan fingerprint density at radius 3 is 2.52 bits per heavy atom. The summed E-state index contributed by atoms with van der Waals surface area (Å²) in [5.74, 6) is -1.05. The van der Waals surface area contributed by atoms with E-state index < -0.39 is 24.0 Å². The topological polar surface area (TPSA) is 80.6 Å². The molecule has 0 saturated carbocycles. The van der Waals surface area contributed by atoms with E-state index in [0.29, 0.717) is 12.2 Å². The third-order valence-electron chi connectivity index (χ3n) is 5.95. The van der Waals surface area contributed by atoms with Gasteiger partial charge in [0.1, 0.15) is 5.75 Å². The molecule has 0 N–H and O–H groups in total. The summed E-state index contributed by atoms with van der Waals surface area (Å²) in [5, 5.41) is 6.91. The molecule has 2 aromatic rings. The molecule has 1 saturated heterocycles. The first-order valence-electron chi connectivity index (χ1n) is 9.88. The number of carbonyl (C=O) groups excluding carboxylic acids is 2. The fourth-order valence-electron chi connectivity index (χ4n) is 4.34. The summed E-state index contributed by atoms with van der Waals surface area (Å²) in [5.41, 5.74) is 0.800. The average molecular weight is 437 g/mol. The first kappa shape index (κ1) is 21.1. The molecule has 3 heterocycles. The number of methoxy groups -OCH3 is 1. The number of hydrogen-bond acceptors (Lipinski definition) is 5. The number of halogens is 3. The third-order valence-corrected chi connectivity index (χ3v) is 5.95. The van der Waals surface area contributed by atoms with Crippen LogP contribution in [0.15, 0.2) is 24.3 Å². The highest BCUT2D eigenvalue weighted by molar-refractivity contribution is 5.85. The van der Waals surface area contributed by atoms with Crippen molar-refractivity contribution in [1.29, 1.82) is 0 Å². The van der Waals surface area contributed by atoms with E-state index >= 15 is 0 Å². The second-order valence-corrected chi connectivity index (χ2v) is 7.72.